The first-order valence-electron chi connectivity index (χ1n) is 6.44. The second kappa shape index (κ2) is 5.59. The van der Waals surface area contributed by atoms with Crippen LogP contribution in [0.1, 0.15) is 40.0 Å². The minimum absolute atomic E-state index is 0.0194. The first-order valence-corrected chi connectivity index (χ1v) is 6.44. The maximum Gasteiger partial charge on any atom is 0.320 e. The highest BCUT2D eigenvalue weighted by Crippen LogP contribution is 2.28. The Kier molecular flexibility index (Phi) is 4.59. The fourth-order valence-corrected chi connectivity index (χ4v) is 2.04. The molecule has 1 aliphatic carbocycles. The van der Waals surface area contributed by atoms with E-state index in [1.807, 2.05) is 0 Å². The standard InChI is InChI=1S/C13H24N2O3/c1-13(2,3)9-14(4)12(18)15(10-5-6-10)8-7-11(16)17/h10H,5-9H2,1-4H3,(H,16,17). The van der Waals surface area contributed by atoms with E-state index in [1.54, 1.807) is 16.8 Å². The summed E-state index contributed by atoms with van der Waals surface area (Å²) in [5.74, 6) is -0.855. The van der Waals surface area contributed by atoms with Crippen LogP contribution in [0.25, 0.3) is 0 Å². The van der Waals surface area contributed by atoms with Gasteiger partial charge in [-0.1, -0.05) is 20.8 Å². The van der Waals surface area contributed by atoms with Crippen LogP contribution in [0.4, 0.5) is 4.79 Å². The lowest BCUT2D eigenvalue weighted by atomic mass is 9.96. The third-order valence-electron chi connectivity index (χ3n) is 2.84. The number of urea groups is 1. The predicted octanol–water partition coefficient (Wildman–Crippen LogP) is 2.02. The molecule has 1 saturated carbocycles. The number of carboxylic acids is 1. The maximum atomic E-state index is 12.3. The van der Waals surface area contributed by atoms with Gasteiger partial charge in [0.05, 0.1) is 6.42 Å². The molecule has 0 radical (unpaired) electrons. The van der Waals surface area contributed by atoms with Crippen molar-refractivity contribution in [2.24, 2.45) is 5.41 Å². The van der Waals surface area contributed by atoms with Gasteiger partial charge >= 0.3 is 12.0 Å². The Labute approximate surface area is 109 Å². The van der Waals surface area contributed by atoms with Crippen molar-refractivity contribution in [2.45, 2.75) is 46.1 Å². The molecular weight excluding hydrogens is 232 g/mol. The number of hydrogen-bond donors (Lipinski definition) is 1. The van der Waals surface area contributed by atoms with Gasteiger partial charge in [-0.2, -0.15) is 0 Å². The lowest BCUT2D eigenvalue weighted by Crippen LogP contribution is -2.46. The van der Waals surface area contributed by atoms with E-state index in [4.69, 9.17) is 5.11 Å². The molecule has 1 N–H and O–H groups in total. The molecule has 0 aliphatic heterocycles. The van der Waals surface area contributed by atoms with Crippen molar-refractivity contribution in [3.05, 3.63) is 0 Å². The fourth-order valence-electron chi connectivity index (χ4n) is 2.04. The average Bonchev–Trinajstić information content (AvgIpc) is 2.98. The van der Waals surface area contributed by atoms with Gasteiger partial charge in [0.15, 0.2) is 0 Å². The quantitative estimate of drug-likeness (QED) is 0.818. The molecule has 1 rings (SSSR count). The summed E-state index contributed by atoms with van der Waals surface area (Å²) in [5.41, 5.74) is 0.0480. The average molecular weight is 256 g/mol. The number of carboxylic acid groups (broad SMARTS) is 1. The zero-order valence-electron chi connectivity index (χ0n) is 11.8. The summed E-state index contributed by atoms with van der Waals surface area (Å²) in [7, 11) is 1.78. The highest BCUT2D eigenvalue weighted by Gasteiger charge is 2.34. The molecular formula is C13H24N2O3. The summed E-state index contributed by atoms with van der Waals surface area (Å²) in [6, 6.07) is 0.202. The number of carbonyl (C=O) groups is 2. The molecule has 5 heteroatoms. The van der Waals surface area contributed by atoms with Crippen molar-refractivity contribution in [1.82, 2.24) is 9.80 Å². The Morgan fingerprint density at radius 3 is 2.22 bits per heavy atom. The molecule has 0 atom stereocenters. The number of rotatable bonds is 5. The highest BCUT2D eigenvalue weighted by molar-refractivity contribution is 5.76. The van der Waals surface area contributed by atoms with Crippen LogP contribution < -0.4 is 0 Å². The van der Waals surface area contributed by atoms with Crippen LogP contribution in [-0.2, 0) is 4.79 Å². The van der Waals surface area contributed by atoms with E-state index >= 15 is 0 Å². The van der Waals surface area contributed by atoms with Gasteiger partial charge < -0.3 is 14.9 Å². The summed E-state index contributed by atoms with van der Waals surface area (Å²) in [6.07, 6.45) is 2.01. The van der Waals surface area contributed by atoms with E-state index < -0.39 is 5.97 Å². The Balaban J connectivity index is 2.56. The molecule has 0 saturated heterocycles. The molecule has 0 unspecified atom stereocenters. The molecule has 1 fully saturated rings. The van der Waals surface area contributed by atoms with Crippen molar-refractivity contribution in [3.8, 4) is 0 Å². The minimum atomic E-state index is -0.855. The molecule has 0 heterocycles. The largest absolute Gasteiger partial charge is 0.481 e. The lowest BCUT2D eigenvalue weighted by Gasteiger charge is -2.32. The Morgan fingerprint density at radius 2 is 1.83 bits per heavy atom. The first-order chi connectivity index (χ1) is 8.20. The third-order valence-corrected chi connectivity index (χ3v) is 2.84. The van der Waals surface area contributed by atoms with Gasteiger partial charge in [0.2, 0.25) is 0 Å². The number of aliphatic carboxylic acids is 1. The predicted molar refractivity (Wildman–Crippen MR) is 69.5 cm³/mol. The summed E-state index contributed by atoms with van der Waals surface area (Å²) in [4.78, 5) is 26.3. The van der Waals surface area contributed by atoms with Gasteiger partial charge in [0.1, 0.15) is 0 Å². The number of amides is 2. The van der Waals surface area contributed by atoms with Gasteiger partial charge in [0.25, 0.3) is 0 Å². The van der Waals surface area contributed by atoms with E-state index in [-0.39, 0.29) is 23.9 Å². The normalized spacial score (nSPS) is 15.3. The van der Waals surface area contributed by atoms with Crippen LogP contribution in [-0.4, -0.2) is 53.1 Å². The molecule has 1 aliphatic rings. The van der Waals surface area contributed by atoms with Crippen molar-refractivity contribution in [3.63, 3.8) is 0 Å². The van der Waals surface area contributed by atoms with Gasteiger partial charge in [-0.25, -0.2) is 4.79 Å². The molecule has 0 spiro atoms. The van der Waals surface area contributed by atoms with Crippen LogP contribution in [0.15, 0.2) is 0 Å². The monoisotopic (exact) mass is 256 g/mol. The molecule has 5 nitrogen and oxygen atoms in total. The molecule has 18 heavy (non-hydrogen) atoms. The Bertz CT molecular complexity index is 319. The van der Waals surface area contributed by atoms with E-state index in [1.165, 1.54) is 0 Å². The second-order valence-electron chi connectivity index (χ2n) is 6.27. The van der Waals surface area contributed by atoms with Gasteiger partial charge in [0, 0.05) is 26.2 Å². The van der Waals surface area contributed by atoms with E-state index in [0.717, 1.165) is 12.8 Å². The molecule has 0 aromatic heterocycles. The third kappa shape index (κ3) is 4.94. The Morgan fingerprint density at radius 1 is 1.28 bits per heavy atom. The molecule has 2 amide bonds. The lowest BCUT2D eigenvalue weighted by molar-refractivity contribution is -0.137. The SMILES string of the molecule is CN(CC(C)(C)C)C(=O)N(CCC(=O)O)C1CC1. The number of carbonyl (C=O) groups excluding carboxylic acids is 1. The van der Waals surface area contributed by atoms with Crippen molar-refractivity contribution in [1.29, 1.82) is 0 Å². The van der Waals surface area contributed by atoms with Crippen molar-refractivity contribution in [2.75, 3.05) is 20.1 Å². The van der Waals surface area contributed by atoms with Gasteiger partial charge in [-0.05, 0) is 18.3 Å². The van der Waals surface area contributed by atoms with Crippen LogP contribution in [0.5, 0.6) is 0 Å². The zero-order valence-corrected chi connectivity index (χ0v) is 11.8. The van der Waals surface area contributed by atoms with Crippen LogP contribution in [0.2, 0.25) is 0 Å². The molecule has 104 valence electrons. The van der Waals surface area contributed by atoms with Crippen LogP contribution >= 0.6 is 0 Å². The van der Waals surface area contributed by atoms with Crippen LogP contribution in [0, 0.1) is 5.41 Å². The van der Waals surface area contributed by atoms with Crippen molar-refractivity contribution < 1.29 is 14.7 Å². The maximum absolute atomic E-state index is 12.3. The van der Waals surface area contributed by atoms with Crippen molar-refractivity contribution >= 4 is 12.0 Å². The zero-order chi connectivity index (χ0) is 13.9. The highest BCUT2D eigenvalue weighted by atomic mass is 16.4. The second-order valence-corrected chi connectivity index (χ2v) is 6.27. The van der Waals surface area contributed by atoms with E-state index in [0.29, 0.717) is 13.1 Å². The van der Waals surface area contributed by atoms with Gasteiger partial charge in [-0.3, -0.25) is 4.79 Å². The van der Waals surface area contributed by atoms with E-state index in [9.17, 15) is 9.59 Å². The Hall–Kier alpha value is -1.26. The summed E-state index contributed by atoms with van der Waals surface area (Å²) in [5, 5.41) is 8.72. The van der Waals surface area contributed by atoms with Crippen LogP contribution in [0.3, 0.4) is 0 Å². The summed E-state index contributed by atoms with van der Waals surface area (Å²) in [6.45, 7) is 7.22. The number of hydrogen-bond acceptors (Lipinski definition) is 2. The molecule has 0 aromatic rings. The first kappa shape index (κ1) is 14.8. The topological polar surface area (TPSA) is 60.9 Å². The summed E-state index contributed by atoms with van der Waals surface area (Å²) < 4.78 is 0. The number of nitrogens with zero attached hydrogens (tertiary/aromatic N) is 2. The molecule has 0 aromatic carbocycles. The molecule has 0 bridgehead atoms. The van der Waals surface area contributed by atoms with E-state index in [2.05, 4.69) is 20.8 Å². The summed E-state index contributed by atoms with van der Waals surface area (Å²) >= 11 is 0. The fraction of sp³-hybridized carbons (Fsp3) is 0.846. The minimum Gasteiger partial charge on any atom is -0.481 e. The van der Waals surface area contributed by atoms with Gasteiger partial charge in [-0.15, -0.1) is 0 Å². The smallest absolute Gasteiger partial charge is 0.320 e.